The number of ether oxygens (including phenoxy) is 2. The summed E-state index contributed by atoms with van der Waals surface area (Å²) >= 11 is 6.21. The molecule has 0 spiro atoms. The zero-order valence-corrected chi connectivity index (χ0v) is 12.3. The van der Waals surface area contributed by atoms with E-state index in [4.69, 9.17) is 21.1 Å². The molecule has 0 fully saturated rings. The molecule has 104 valence electrons. The highest BCUT2D eigenvalue weighted by atomic mass is 35.5. The van der Waals surface area contributed by atoms with Crippen LogP contribution in [-0.2, 0) is 0 Å². The molecule has 20 heavy (non-hydrogen) atoms. The topological polar surface area (TPSA) is 35.5 Å². The lowest BCUT2D eigenvalue weighted by atomic mass is 10.0. The molecule has 0 amide bonds. The number of benzene rings is 2. The van der Waals surface area contributed by atoms with E-state index in [0.29, 0.717) is 27.6 Å². The Labute approximate surface area is 123 Å². The van der Waals surface area contributed by atoms with E-state index in [0.717, 1.165) is 5.56 Å². The van der Waals surface area contributed by atoms with E-state index < -0.39 is 0 Å². The third-order valence-corrected chi connectivity index (χ3v) is 3.59. The van der Waals surface area contributed by atoms with Crippen LogP contribution in [0.3, 0.4) is 0 Å². The van der Waals surface area contributed by atoms with Crippen LogP contribution in [0.5, 0.6) is 11.5 Å². The number of halogens is 1. The molecule has 2 aromatic rings. The first-order chi connectivity index (χ1) is 9.58. The summed E-state index contributed by atoms with van der Waals surface area (Å²) in [7, 11) is 3.08. The minimum Gasteiger partial charge on any atom is -0.497 e. The molecule has 3 nitrogen and oxygen atoms in total. The van der Waals surface area contributed by atoms with Gasteiger partial charge in [-0.15, -0.1) is 0 Å². The van der Waals surface area contributed by atoms with Gasteiger partial charge in [-0.25, -0.2) is 0 Å². The van der Waals surface area contributed by atoms with Gasteiger partial charge in [0.25, 0.3) is 0 Å². The summed E-state index contributed by atoms with van der Waals surface area (Å²) < 4.78 is 10.4. The molecule has 0 aliphatic carbocycles. The van der Waals surface area contributed by atoms with Crippen molar-refractivity contribution in [2.45, 2.75) is 6.92 Å². The highest BCUT2D eigenvalue weighted by Crippen LogP contribution is 2.29. The van der Waals surface area contributed by atoms with Crippen molar-refractivity contribution in [2.24, 2.45) is 0 Å². The van der Waals surface area contributed by atoms with Crippen LogP contribution in [0.15, 0.2) is 36.4 Å². The van der Waals surface area contributed by atoms with Crippen LogP contribution in [0.4, 0.5) is 0 Å². The van der Waals surface area contributed by atoms with Gasteiger partial charge in [0.05, 0.1) is 24.8 Å². The van der Waals surface area contributed by atoms with Crippen molar-refractivity contribution >= 4 is 17.4 Å². The lowest BCUT2D eigenvalue weighted by Crippen LogP contribution is -2.05. The Morgan fingerprint density at radius 2 is 1.80 bits per heavy atom. The van der Waals surface area contributed by atoms with E-state index >= 15 is 0 Å². The summed E-state index contributed by atoms with van der Waals surface area (Å²) in [5, 5.41) is 0.468. The molecule has 0 atom stereocenters. The van der Waals surface area contributed by atoms with Crippen LogP contribution in [0.1, 0.15) is 21.5 Å². The van der Waals surface area contributed by atoms with Gasteiger partial charge in [0.1, 0.15) is 11.5 Å². The van der Waals surface area contributed by atoms with E-state index in [1.54, 1.807) is 31.4 Å². The summed E-state index contributed by atoms with van der Waals surface area (Å²) in [6, 6.07) is 10.5. The maximum atomic E-state index is 12.6. The van der Waals surface area contributed by atoms with Gasteiger partial charge in [-0.2, -0.15) is 0 Å². The third kappa shape index (κ3) is 2.63. The average Bonchev–Trinajstić information content (AvgIpc) is 2.48. The molecule has 0 aliphatic rings. The quantitative estimate of drug-likeness (QED) is 0.801. The Hall–Kier alpha value is -2.00. The molecule has 2 rings (SSSR count). The van der Waals surface area contributed by atoms with Crippen LogP contribution in [-0.4, -0.2) is 20.0 Å². The predicted molar refractivity (Wildman–Crippen MR) is 79.2 cm³/mol. The molecule has 0 unspecified atom stereocenters. The van der Waals surface area contributed by atoms with Crippen LogP contribution < -0.4 is 9.47 Å². The first-order valence-electron chi connectivity index (χ1n) is 6.10. The molecule has 2 aromatic carbocycles. The zero-order chi connectivity index (χ0) is 14.7. The average molecular weight is 291 g/mol. The lowest BCUT2D eigenvalue weighted by molar-refractivity contribution is 0.103. The second-order valence-electron chi connectivity index (χ2n) is 4.33. The van der Waals surface area contributed by atoms with Gasteiger partial charge in [-0.05, 0) is 30.7 Å². The Kier molecular flexibility index (Phi) is 4.30. The van der Waals surface area contributed by atoms with Gasteiger partial charge in [0, 0.05) is 11.6 Å². The van der Waals surface area contributed by atoms with Crippen molar-refractivity contribution in [3.05, 3.63) is 58.1 Å². The van der Waals surface area contributed by atoms with E-state index in [2.05, 4.69) is 0 Å². The smallest absolute Gasteiger partial charge is 0.198 e. The fraction of sp³-hybridized carbons (Fsp3) is 0.188. The first-order valence-corrected chi connectivity index (χ1v) is 6.48. The highest BCUT2D eigenvalue weighted by Gasteiger charge is 2.18. The van der Waals surface area contributed by atoms with Gasteiger partial charge in [0.15, 0.2) is 5.78 Å². The summed E-state index contributed by atoms with van der Waals surface area (Å²) in [4.78, 5) is 12.6. The molecular weight excluding hydrogens is 276 g/mol. The zero-order valence-electron chi connectivity index (χ0n) is 11.6. The van der Waals surface area contributed by atoms with Crippen LogP contribution >= 0.6 is 11.6 Å². The van der Waals surface area contributed by atoms with Gasteiger partial charge in [-0.3, -0.25) is 4.79 Å². The maximum Gasteiger partial charge on any atom is 0.198 e. The van der Waals surface area contributed by atoms with E-state index in [1.165, 1.54) is 7.11 Å². The number of ketones is 1. The Morgan fingerprint density at radius 3 is 2.45 bits per heavy atom. The number of hydrogen-bond acceptors (Lipinski definition) is 3. The lowest BCUT2D eigenvalue weighted by Gasteiger charge is -2.11. The van der Waals surface area contributed by atoms with Crippen molar-refractivity contribution in [1.82, 2.24) is 0 Å². The van der Waals surface area contributed by atoms with Crippen LogP contribution in [0.2, 0.25) is 5.02 Å². The van der Waals surface area contributed by atoms with Crippen molar-refractivity contribution in [1.29, 1.82) is 0 Å². The van der Waals surface area contributed by atoms with Crippen LogP contribution in [0.25, 0.3) is 0 Å². The highest BCUT2D eigenvalue weighted by molar-refractivity contribution is 6.35. The molecule has 0 saturated heterocycles. The first kappa shape index (κ1) is 14.4. The summed E-state index contributed by atoms with van der Waals surface area (Å²) in [5.74, 6) is 0.930. The Balaban J connectivity index is 2.50. The third-order valence-electron chi connectivity index (χ3n) is 3.09. The number of carbonyl (C=O) groups is 1. The fourth-order valence-corrected chi connectivity index (χ4v) is 2.17. The van der Waals surface area contributed by atoms with Crippen molar-refractivity contribution in [3.8, 4) is 11.5 Å². The summed E-state index contributed by atoms with van der Waals surface area (Å²) in [6.07, 6.45) is 0. The van der Waals surface area contributed by atoms with E-state index in [9.17, 15) is 4.79 Å². The molecule has 0 aliphatic heterocycles. The normalized spacial score (nSPS) is 10.2. The number of rotatable bonds is 4. The summed E-state index contributed by atoms with van der Waals surface area (Å²) in [5.41, 5.74) is 1.79. The second kappa shape index (κ2) is 5.97. The minimum absolute atomic E-state index is 0.168. The van der Waals surface area contributed by atoms with Crippen molar-refractivity contribution in [3.63, 3.8) is 0 Å². The molecule has 0 N–H and O–H groups in total. The van der Waals surface area contributed by atoms with Gasteiger partial charge in [-0.1, -0.05) is 23.7 Å². The largest absolute Gasteiger partial charge is 0.497 e. The molecular formula is C16H15ClO3. The molecule has 0 bridgehead atoms. The number of aryl methyl sites for hydroxylation is 1. The Bertz CT molecular complexity index is 650. The van der Waals surface area contributed by atoms with Crippen molar-refractivity contribution < 1.29 is 14.3 Å². The molecule has 4 heteroatoms. The molecule has 0 aromatic heterocycles. The molecule has 0 saturated carbocycles. The SMILES string of the molecule is COc1ccc(C(=O)c2cccc(C)c2Cl)c(OC)c1. The molecule has 0 heterocycles. The van der Waals surface area contributed by atoms with Gasteiger partial charge in [0.2, 0.25) is 0 Å². The number of carbonyl (C=O) groups excluding carboxylic acids is 1. The van der Waals surface area contributed by atoms with Crippen LogP contribution in [0, 0.1) is 6.92 Å². The van der Waals surface area contributed by atoms with E-state index in [1.807, 2.05) is 19.1 Å². The van der Waals surface area contributed by atoms with Gasteiger partial charge >= 0.3 is 0 Å². The predicted octanol–water partition coefficient (Wildman–Crippen LogP) is 3.90. The second-order valence-corrected chi connectivity index (χ2v) is 4.71. The van der Waals surface area contributed by atoms with E-state index in [-0.39, 0.29) is 5.78 Å². The standard InChI is InChI=1S/C16H15ClO3/c1-10-5-4-6-13(15(10)17)16(18)12-8-7-11(19-2)9-14(12)20-3/h4-9H,1-3H3. The monoisotopic (exact) mass is 290 g/mol. The number of methoxy groups -OCH3 is 2. The molecule has 0 radical (unpaired) electrons. The van der Waals surface area contributed by atoms with Gasteiger partial charge < -0.3 is 9.47 Å². The Morgan fingerprint density at radius 1 is 1.05 bits per heavy atom. The van der Waals surface area contributed by atoms with Crippen molar-refractivity contribution in [2.75, 3.05) is 14.2 Å². The fourth-order valence-electron chi connectivity index (χ4n) is 1.95. The summed E-state index contributed by atoms with van der Waals surface area (Å²) in [6.45, 7) is 1.87. The minimum atomic E-state index is -0.168. The maximum absolute atomic E-state index is 12.6. The number of hydrogen-bond donors (Lipinski definition) is 0.